The van der Waals surface area contributed by atoms with Crippen molar-refractivity contribution in [2.24, 2.45) is 0 Å². The number of carbonyl (C=O) groups is 1. The van der Waals surface area contributed by atoms with Gasteiger partial charge in [-0.3, -0.25) is 4.79 Å². The zero-order valence-corrected chi connectivity index (χ0v) is 19.1. The van der Waals surface area contributed by atoms with Crippen LogP contribution in [0.3, 0.4) is 0 Å². The number of amides is 1. The highest BCUT2D eigenvalue weighted by Crippen LogP contribution is 2.25. The van der Waals surface area contributed by atoms with Crippen molar-refractivity contribution in [1.29, 1.82) is 0 Å². The van der Waals surface area contributed by atoms with Crippen LogP contribution in [0, 0.1) is 20.8 Å². The van der Waals surface area contributed by atoms with E-state index >= 15 is 0 Å². The predicted octanol–water partition coefficient (Wildman–Crippen LogP) is 4.58. The van der Waals surface area contributed by atoms with Crippen molar-refractivity contribution in [3.63, 3.8) is 0 Å². The lowest BCUT2D eigenvalue weighted by Gasteiger charge is -2.09. The van der Waals surface area contributed by atoms with Gasteiger partial charge in [-0.25, -0.2) is 14.6 Å². The van der Waals surface area contributed by atoms with Crippen molar-refractivity contribution in [1.82, 2.24) is 29.5 Å². The Balaban J connectivity index is 1.51. The standard InChI is InChI=1S/C26H23N7O/c1-17-9-11-22(18(2)13-17)32-25-21(15-29-32)26(28-16-27-25)33-23(14-19(3)31-33)30-24(34)12-10-20-7-5-4-6-8-20/h4-16H,1-3H3,(H,30,34)/b12-10+. The smallest absolute Gasteiger partial charge is 0.249 e. The highest BCUT2D eigenvalue weighted by Gasteiger charge is 2.17. The van der Waals surface area contributed by atoms with Crippen LogP contribution < -0.4 is 5.32 Å². The summed E-state index contributed by atoms with van der Waals surface area (Å²) in [7, 11) is 0. The first-order valence-electron chi connectivity index (χ1n) is 10.9. The van der Waals surface area contributed by atoms with E-state index in [-0.39, 0.29) is 5.91 Å². The van der Waals surface area contributed by atoms with E-state index in [0.29, 0.717) is 17.3 Å². The first kappa shape index (κ1) is 21.3. The SMILES string of the molecule is Cc1ccc(-n2ncc3c(-n4nc(C)cc4NC(=O)/C=C/c4ccccc4)ncnc32)c(C)c1. The molecule has 8 heteroatoms. The molecule has 1 N–H and O–H groups in total. The molecule has 0 saturated carbocycles. The number of carbonyl (C=O) groups excluding carboxylic acids is 1. The molecule has 0 aliphatic heterocycles. The summed E-state index contributed by atoms with van der Waals surface area (Å²) in [6.45, 7) is 5.97. The average molecular weight is 450 g/mol. The van der Waals surface area contributed by atoms with Crippen molar-refractivity contribution in [2.75, 3.05) is 5.32 Å². The third kappa shape index (κ3) is 4.09. The van der Waals surface area contributed by atoms with Crippen LogP contribution in [0.25, 0.3) is 28.6 Å². The summed E-state index contributed by atoms with van der Waals surface area (Å²) in [5, 5.41) is 12.8. The fourth-order valence-corrected chi connectivity index (χ4v) is 3.87. The molecule has 3 aromatic heterocycles. The Bertz CT molecular complexity index is 1530. The molecule has 5 rings (SSSR count). The second kappa shape index (κ2) is 8.74. The highest BCUT2D eigenvalue weighted by atomic mass is 16.1. The van der Waals surface area contributed by atoms with Gasteiger partial charge in [0.05, 0.1) is 23.0 Å². The Morgan fingerprint density at radius 3 is 2.59 bits per heavy atom. The van der Waals surface area contributed by atoms with Gasteiger partial charge in [0.15, 0.2) is 11.5 Å². The molecule has 5 aromatic rings. The van der Waals surface area contributed by atoms with Crippen molar-refractivity contribution in [2.45, 2.75) is 20.8 Å². The number of aromatic nitrogens is 6. The van der Waals surface area contributed by atoms with Gasteiger partial charge in [-0.2, -0.15) is 14.9 Å². The van der Waals surface area contributed by atoms with Crippen molar-refractivity contribution in [3.8, 4) is 11.5 Å². The minimum Gasteiger partial charge on any atom is -0.307 e. The van der Waals surface area contributed by atoms with Gasteiger partial charge in [0.1, 0.15) is 12.1 Å². The van der Waals surface area contributed by atoms with Crippen molar-refractivity contribution >= 4 is 28.8 Å². The Hall–Kier alpha value is -4.59. The summed E-state index contributed by atoms with van der Waals surface area (Å²) in [6, 6.07) is 17.6. The van der Waals surface area contributed by atoms with Gasteiger partial charge >= 0.3 is 0 Å². The van der Waals surface area contributed by atoms with Gasteiger partial charge in [-0.1, -0.05) is 48.0 Å². The molecule has 0 saturated heterocycles. The van der Waals surface area contributed by atoms with Crippen LogP contribution in [0.1, 0.15) is 22.4 Å². The van der Waals surface area contributed by atoms with Gasteiger partial charge in [0, 0.05) is 12.1 Å². The molecule has 0 spiro atoms. The Morgan fingerprint density at radius 1 is 0.971 bits per heavy atom. The average Bonchev–Trinajstić information content (AvgIpc) is 3.41. The van der Waals surface area contributed by atoms with Gasteiger partial charge < -0.3 is 5.32 Å². The minimum atomic E-state index is -0.263. The van der Waals surface area contributed by atoms with Crippen LogP contribution in [-0.4, -0.2) is 35.4 Å². The monoisotopic (exact) mass is 449 g/mol. The number of nitrogens with one attached hydrogen (secondary N) is 1. The van der Waals surface area contributed by atoms with Gasteiger partial charge in [-0.15, -0.1) is 0 Å². The fraction of sp³-hybridized carbons (Fsp3) is 0.115. The van der Waals surface area contributed by atoms with E-state index in [2.05, 4.69) is 38.5 Å². The van der Waals surface area contributed by atoms with E-state index in [0.717, 1.165) is 27.9 Å². The number of nitrogens with zero attached hydrogens (tertiary/aromatic N) is 6. The van der Waals surface area contributed by atoms with Gasteiger partial charge in [0.25, 0.3) is 0 Å². The van der Waals surface area contributed by atoms with Crippen LogP contribution in [0.15, 0.2) is 73.2 Å². The molecular formula is C26H23N7O. The maximum Gasteiger partial charge on any atom is 0.249 e. The number of hydrogen-bond donors (Lipinski definition) is 1. The molecule has 2 aromatic carbocycles. The summed E-state index contributed by atoms with van der Waals surface area (Å²) in [6.07, 6.45) is 6.47. The Morgan fingerprint density at radius 2 is 1.79 bits per heavy atom. The molecule has 0 aliphatic carbocycles. The summed E-state index contributed by atoms with van der Waals surface area (Å²) < 4.78 is 3.41. The molecule has 3 heterocycles. The lowest BCUT2D eigenvalue weighted by Crippen LogP contribution is -2.13. The quantitative estimate of drug-likeness (QED) is 0.397. The highest BCUT2D eigenvalue weighted by molar-refractivity contribution is 6.01. The van der Waals surface area contributed by atoms with Crippen LogP contribution in [-0.2, 0) is 4.79 Å². The van der Waals surface area contributed by atoms with E-state index in [1.165, 1.54) is 18.0 Å². The van der Waals surface area contributed by atoms with Crippen molar-refractivity contribution in [3.05, 3.63) is 95.6 Å². The predicted molar refractivity (Wildman–Crippen MR) is 132 cm³/mol. The lowest BCUT2D eigenvalue weighted by molar-refractivity contribution is -0.111. The second-order valence-electron chi connectivity index (χ2n) is 8.10. The topological polar surface area (TPSA) is 90.5 Å². The molecule has 0 fully saturated rings. The molecule has 1 amide bonds. The van der Waals surface area contributed by atoms with Crippen LogP contribution in [0.2, 0.25) is 0 Å². The maximum absolute atomic E-state index is 12.6. The zero-order chi connectivity index (χ0) is 23.7. The van der Waals surface area contributed by atoms with Gasteiger partial charge in [-0.05, 0) is 44.0 Å². The van der Waals surface area contributed by atoms with Crippen molar-refractivity contribution < 1.29 is 4.79 Å². The Labute approximate surface area is 196 Å². The summed E-state index contributed by atoms with van der Waals surface area (Å²) in [4.78, 5) is 21.5. The molecule has 34 heavy (non-hydrogen) atoms. The minimum absolute atomic E-state index is 0.263. The number of anilines is 1. The second-order valence-corrected chi connectivity index (χ2v) is 8.10. The lowest BCUT2D eigenvalue weighted by atomic mass is 10.1. The normalized spacial score (nSPS) is 11.4. The number of aryl methyl sites for hydroxylation is 3. The number of rotatable bonds is 5. The summed E-state index contributed by atoms with van der Waals surface area (Å²) >= 11 is 0. The van der Waals surface area contributed by atoms with E-state index in [1.807, 2.05) is 56.3 Å². The third-order valence-electron chi connectivity index (χ3n) is 5.44. The van der Waals surface area contributed by atoms with Crippen LogP contribution in [0.5, 0.6) is 0 Å². The van der Waals surface area contributed by atoms with Crippen LogP contribution >= 0.6 is 0 Å². The van der Waals surface area contributed by atoms with E-state index in [9.17, 15) is 4.79 Å². The molecule has 0 atom stereocenters. The summed E-state index contributed by atoms with van der Waals surface area (Å²) in [5.41, 5.74) is 5.57. The van der Waals surface area contributed by atoms with E-state index in [4.69, 9.17) is 0 Å². The number of fused-ring (bicyclic) bond motifs is 1. The van der Waals surface area contributed by atoms with E-state index < -0.39 is 0 Å². The molecule has 0 bridgehead atoms. The fourth-order valence-electron chi connectivity index (χ4n) is 3.87. The number of hydrogen-bond acceptors (Lipinski definition) is 5. The maximum atomic E-state index is 12.6. The molecule has 0 unspecified atom stereocenters. The molecule has 0 aliphatic rings. The van der Waals surface area contributed by atoms with Crippen LogP contribution in [0.4, 0.5) is 5.82 Å². The first-order valence-corrected chi connectivity index (χ1v) is 10.9. The first-order chi connectivity index (χ1) is 16.5. The molecule has 0 radical (unpaired) electrons. The third-order valence-corrected chi connectivity index (χ3v) is 5.44. The largest absolute Gasteiger partial charge is 0.307 e. The summed E-state index contributed by atoms with van der Waals surface area (Å²) in [5.74, 6) is 0.789. The molecular weight excluding hydrogens is 426 g/mol. The molecule has 168 valence electrons. The van der Waals surface area contributed by atoms with E-state index in [1.54, 1.807) is 27.7 Å². The molecule has 8 nitrogen and oxygen atoms in total. The zero-order valence-electron chi connectivity index (χ0n) is 19.1. The van der Waals surface area contributed by atoms with Gasteiger partial charge in [0.2, 0.25) is 5.91 Å². The Kier molecular flexibility index (Phi) is 5.47. The number of benzene rings is 2.